The third kappa shape index (κ3) is 4.24. The lowest BCUT2D eigenvalue weighted by atomic mass is 10.0. The average Bonchev–Trinajstić information content (AvgIpc) is 2.67. The lowest BCUT2D eigenvalue weighted by Gasteiger charge is -2.30. The Morgan fingerprint density at radius 2 is 2.00 bits per heavy atom. The van der Waals surface area contributed by atoms with Crippen LogP contribution in [0.4, 0.5) is 11.4 Å². The fourth-order valence-electron chi connectivity index (χ4n) is 3.14. The van der Waals surface area contributed by atoms with E-state index in [1.54, 1.807) is 17.0 Å². The number of sulfonamides is 1. The Morgan fingerprint density at radius 3 is 2.68 bits per heavy atom. The molecule has 0 aromatic heterocycles. The molecule has 3 rings (SSSR count). The second-order valence-electron chi connectivity index (χ2n) is 6.33. The number of carbonyl (C=O) groups excluding carboxylic acids is 1. The predicted molar refractivity (Wildman–Crippen MR) is 108 cm³/mol. The number of methoxy groups -OCH3 is 2. The maximum Gasteiger partial charge on any atom is 0.263 e. The topological polar surface area (TPSA) is 84.9 Å². The first-order valence-electron chi connectivity index (χ1n) is 8.64. The van der Waals surface area contributed by atoms with Crippen molar-refractivity contribution in [3.63, 3.8) is 0 Å². The fourth-order valence-corrected chi connectivity index (χ4v) is 4.72. The Kier molecular flexibility index (Phi) is 6.12. The second-order valence-corrected chi connectivity index (χ2v) is 8.39. The molecule has 1 aliphatic rings. The van der Waals surface area contributed by atoms with E-state index in [-0.39, 0.29) is 22.4 Å². The molecular weight excluding hydrogens is 404 g/mol. The Balaban J connectivity index is 1.91. The molecule has 2 aromatic carbocycles. The van der Waals surface area contributed by atoms with Crippen LogP contribution < -0.4 is 14.4 Å². The number of fused-ring (bicyclic) bond motifs is 1. The lowest BCUT2D eigenvalue weighted by Crippen LogP contribution is -2.37. The molecule has 0 saturated carbocycles. The normalized spacial score (nSPS) is 13.8. The van der Waals surface area contributed by atoms with Crippen LogP contribution >= 0.6 is 11.6 Å². The maximum absolute atomic E-state index is 12.8. The van der Waals surface area contributed by atoms with Crippen LogP contribution in [0.2, 0.25) is 5.02 Å². The number of aryl methyl sites for hydroxylation is 1. The van der Waals surface area contributed by atoms with Crippen LogP contribution in [0.5, 0.6) is 5.75 Å². The summed E-state index contributed by atoms with van der Waals surface area (Å²) in [5.74, 6) is 0.298. The van der Waals surface area contributed by atoms with Crippen LogP contribution in [-0.2, 0) is 26.0 Å². The van der Waals surface area contributed by atoms with Crippen molar-refractivity contribution in [3.05, 3.63) is 47.0 Å². The van der Waals surface area contributed by atoms with E-state index < -0.39 is 10.0 Å². The SMILES string of the molecule is COCC(=O)N1CCCc2ccc(NS(=O)(=O)c3ccc(OC)cc3Cl)cc21. The number of ether oxygens (including phenoxy) is 2. The van der Waals surface area contributed by atoms with Gasteiger partial charge < -0.3 is 14.4 Å². The summed E-state index contributed by atoms with van der Waals surface area (Å²) in [7, 11) is -0.971. The van der Waals surface area contributed by atoms with Crippen LogP contribution in [0, 0.1) is 0 Å². The van der Waals surface area contributed by atoms with E-state index in [1.807, 2.05) is 6.07 Å². The number of hydrogen-bond donors (Lipinski definition) is 1. The quantitative estimate of drug-likeness (QED) is 0.770. The number of hydrogen-bond acceptors (Lipinski definition) is 5. The molecule has 0 bridgehead atoms. The van der Waals surface area contributed by atoms with E-state index in [1.165, 1.54) is 32.4 Å². The molecule has 1 aliphatic heterocycles. The van der Waals surface area contributed by atoms with Gasteiger partial charge in [-0.15, -0.1) is 0 Å². The Labute approximate surface area is 169 Å². The summed E-state index contributed by atoms with van der Waals surface area (Å²) in [6.07, 6.45) is 1.67. The zero-order valence-electron chi connectivity index (χ0n) is 15.6. The molecule has 28 heavy (non-hydrogen) atoms. The average molecular weight is 425 g/mol. The first-order chi connectivity index (χ1) is 13.4. The molecule has 0 saturated heterocycles. The summed E-state index contributed by atoms with van der Waals surface area (Å²) >= 11 is 6.11. The maximum atomic E-state index is 12.8. The highest BCUT2D eigenvalue weighted by molar-refractivity contribution is 7.92. The minimum atomic E-state index is -3.91. The molecule has 1 amide bonds. The molecule has 0 aliphatic carbocycles. The number of anilines is 2. The van der Waals surface area contributed by atoms with Gasteiger partial charge in [-0.3, -0.25) is 9.52 Å². The number of benzene rings is 2. The molecule has 1 heterocycles. The zero-order valence-corrected chi connectivity index (χ0v) is 17.1. The molecule has 1 N–H and O–H groups in total. The largest absolute Gasteiger partial charge is 0.497 e. The highest BCUT2D eigenvalue weighted by atomic mass is 35.5. The zero-order chi connectivity index (χ0) is 20.3. The Morgan fingerprint density at radius 1 is 1.21 bits per heavy atom. The highest BCUT2D eigenvalue weighted by Crippen LogP contribution is 2.32. The van der Waals surface area contributed by atoms with Crippen LogP contribution in [-0.4, -0.2) is 41.7 Å². The van der Waals surface area contributed by atoms with Crippen LogP contribution in [0.25, 0.3) is 0 Å². The van der Waals surface area contributed by atoms with E-state index in [9.17, 15) is 13.2 Å². The van der Waals surface area contributed by atoms with Gasteiger partial charge in [0.05, 0.1) is 17.8 Å². The molecule has 150 valence electrons. The first-order valence-corrected chi connectivity index (χ1v) is 10.5. The van der Waals surface area contributed by atoms with Crippen molar-refractivity contribution < 1.29 is 22.7 Å². The van der Waals surface area contributed by atoms with Crippen molar-refractivity contribution in [2.45, 2.75) is 17.7 Å². The van der Waals surface area contributed by atoms with Gasteiger partial charge in [-0.05, 0) is 42.7 Å². The molecular formula is C19H21ClN2O5S. The fraction of sp³-hybridized carbons (Fsp3) is 0.316. The minimum absolute atomic E-state index is 0.0309. The van der Waals surface area contributed by atoms with Gasteiger partial charge in [0.1, 0.15) is 17.3 Å². The standard InChI is InChI=1S/C19H21ClN2O5S/c1-26-12-19(23)22-9-3-4-13-5-6-14(10-17(13)22)21-28(24,25)18-8-7-15(27-2)11-16(18)20/h5-8,10-11,21H,3-4,9,12H2,1-2H3. The molecule has 0 fully saturated rings. The minimum Gasteiger partial charge on any atom is -0.497 e. The number of nitrogens with one attached hydrogen (secondary N) is 1. The van der Waals surface area contributed by atoms with Gasteiger partial charge in [-0.1, -0.05) is 17.7 Å². The van der Waals surface area contributed by atoms with Crippen LogP contribution in [0.3, 0.4) is 0 Å². The molecule has 9 heteroatoms. The molecule has 0 radical (unpaired) electrons. The third-order valence-corrected chi connectivity index (χ3v) is 6.32. The Bertz CT molecular complexity index is 994. The summed E-state index contributed by atoms with van der Waals surface area (Å²) in [5.41, 5.74) is 2.03. The van der Waals surface area contributed by atoms with Gasteiger partial charge in [0, 0.05) is 25.4 Å². The highest BCUT2D eigenvalue weighted by Gasteiger charge is 2.24. The van der Waals surface area contributed by atoms with E-state index in [0.717, 1.165) is 18.4 Å². The summed E-state index contributed by atoms with van der Waals surface area (Å²) in [6.45, 7) is 0.534. The lowest BCUT2D eigenvalue weighted by molar-refractivity contribution is -0.122. The van der Waals surface area contributed by atoms with Gasteiger partial charge in [-0.25, -0.2) is 8.42 Å². The number of rotatable bonds is 6. The van der Waals surface area contributed by atoms with E-state index in [0.29, 0.717) is 23.7 Å². The van der Waals surface area contributed by atoms with Crippen LogP contribution in [0.1, 0.15) is 12.0 Å². The van der Waals surface area contributed by atoms with Crippen molar-refractivity contribution in [2.24, 2.45) is 0 Å². The van der Waals surface area contributed by atoms with Crippen molar-refractivity contribution >= 4 is 38.9 Å². The molecule has 0 atom stereocenters. The van der Waals surface area contributed by atoms with E-state index >= 15 is 0 Å². The molecule has 7 nitrogen and oxygen atoms in total. The summed E-state index contributed by atoms with van der Waals surface area (Å²) in [4.78, 5) is 13.9. The van der Waals surface area contributed by atoms with Gasteiger partial charge in [0.25, 0.3) is 15.9 Å². The summed E-state index contributed by atoms with van der Waals surface area (Å²) in [5, 5.41) is 0.0571. The van der Waals surface area contributed by atoms with E-state index in [2.05, 4.69) is 4.72 Å². The summed E-state index contributed by atoms with van der Waals surface area (Å²) < 4.78 is 38.1. The number of nitrogens with zero attached hydrogens (tertiary/aromatic N) is 1. The van der Waals surface area contributed by atoms with Crippen molar-refractivity contribution in [2.75, 3.05) is 37.0 Å². The number of carbonyl (C=O) groups is 1. The molecule has 0 unspecified atom stereocenters. The van der Waals surface area contributed by atoms with Gasteiger partial charge >= 0.3 is 0 Å². The third-order valence-electron chi connectivity index (χ3n) is 4.45. The van der Waals surface area contributed by atoms with Gasteiger partial charge in [0.15, 0.2) is 0 Å². The second kappa shape index (κ2) is 8.38. The van der Waals surface area contributed by atoms with Gasteiger partial charge in [0.2, 0.25) is 0 Å². The van der Waals surface area contributed by atoms with Crippen LogP contribution in [0.15, 0.2) is 41.3 Å². The Hall–Kier alpha value is -2.29. The number of halogens is 1. The molecule has 2 aromatic rings. The molecule has 0 spiro atoms. The van der Waals surface area contributed by atoms with Gasteiger partial charge in [-0.2, -0.15) is 0 Å². The smallest absolute Gasteiger partial charge is 0.263 e. The van der Waals surface area contributed by atoms with Crippen molar-refractivity contribution in [1.29, 1.82) is 0 Å². The summed E-state index contributed by atoms with van der Waals surface area (Å²) in [6, 6.07) is 9.52. The monoisotopic (exact) mass is 424 g/mol. The van der Waals surface area contributed by atoms with Crippen molar-refractivity contribution in [1.82, 2.24) is 0 Å². The van der Waals surface area contributed by atoms with E-state index in [4.69, 9.17) is 21.1 Å². The number of amides is 1. The van der Waals surface area contributed by atoms with Crippen molar-refractivity contribution in [3.8, 4) is 5.75 Å². The first kappa shape index (κ1) is 20.4. The predicted octanol–water partition coefficient (Wildman–Crippen LogP) is 3.08.